The molecule has 1 aliphatic rings. The number of nitrogens with one attached hydrogen (secondary N) is 1. The van der Waals surface area contributed by atoms with E-state index in [2.05, 4.69) is 30.9 Å². The standard InChI is InChI=1S/C21H25BrN5O6P/c22-16-3-1-2-14(10-16)11-32-34(30,33-12-17(28)15-4-5-15)9-8-31-7-6-27-13-24-18-19(27)25-21(23)26-20(18)29/h1-3,10,13,15H,4-9,11-12H2,(H3,23,25,26,29). The Morgan fingerprint density at radius 2 is 2.12 bits per heavy atom. The number of imidazole rings is 1. The number of aromatic amines is 1. The molecule has 1 fully saturated rings. The molecule has 1 saturated carbocycles. The second kappa shape index (κ2) is 10.9. The highest BCUT2D eigenvalue weighted by Gasteiger charge is 2.32. The maximum atomic E-state index is 13.3. The number of anilines is 1. The number of rotatable bonds is 13. The van der Waals surface area contributed by atoms with Crippen LogP contribution in [-0.2, 0) is 36.3 Å². The molecule has 13 heteroatoms. The van der Waals surface area contributed by atoms with Crippen molar-refractivity contribution in [1.82, 2.24) is 19.5 Å². The summed E-state index contributed by atoms with van der Waals surface area (Å²) < 4.78 is 32.6. The normalized spacial score (nSPS) is 15.4. The fourth-order valence-electron chi connectivity index (χ4n) is 3.23. The molecule has 11 nitrogen and oxygen atoms in total. The largest absolute Gasteiger partial charge is 0.379 e. The minimum Gasteiger partial charge on any atom is -0.379 e. The second-order valence-electron chi connectivity index (χ2n) is 7.93. The number of hydrogen-bond donors (Lipinski definition) is 2. The van der Waals surface area contributed by atoms with Crippen molar-refractivity contribution in [2.45, 2.75) is 26.0 Å². The topological polar surface area (TPSA) is 151 Å². The van der Waals surface area contributed by atoms with Gasteiger partial charge >= 0.3 is 7.60 Å². The lowest BCUT2D eigenvalue weighted by molar-refractivity contribution is -0.122. The van der Waals surface area contributed by atoms with Crippen LogP contribution in [0.25, 0.3) is 11.2 Å². The van der Waals surface area contributed by atoms with E-state index in [9.17, 15) is 14.2 Å². The summed E-state index contributed by atoms with van der Waals surface area (Å²) in [5, 5.41) is 0. The van der Waals surface area contributed by atoms with Gasteiger partial charge in [-0.2, -0.15) is 4.98 Å². The lowest BCUT2D eigenvalue weighted by atomic mass is 10.2. The number of ether oxygens (including phenoxy) is 1. The van der Waals surface area contributed by atoms with Crippen LogP contribution in [-0.4, -0.2) is 51.3 Å². The van der Waals surface area contributed by atoms with Crippen molar-refractivity contribution in [3.05, 3.63) is 51.0 Å². The monoisotopic (exact) mass is 553 g/mol. The first kappa shape index (κ1) is 24.7. The number of H-pyrrole nitrogens is 1. The Bertz CT molecular complexity index is 1270. The van der Waals surface area contributed by atoms with Crippen molar-refractivity contribution < 1.29 is 23.1 Å². The van der Waals surface area contributed by atoms with Crippen LogP contribution in [0, 0.1) is 5.92 Å². The molecule has 1 aromatic carbocycles. The van der Waals surface area contributed by atoms with Gasteiger partial charge < -0.3 is 24.1 Å². The second-order valence-corrected chi connectivity index (χ2v) is 11.0. The Morgan fingerprint density at radius 3 is 2.88 bits per heavy atom. The Hall–Kier alpha value is -2.37. The number of fused-ring (bicyclic) bond motifs is 1. The van der Waals surface area contributed by atoms with Crippen LogP contribution in [0.5, 0.6) is 0 Å². The van der Waals surface area contributed by atoms with Gasteiger partial charge in [0, 0.05) is 16.9 Å². The molecule has 4 rings (SSSR count). The molecular formula is C21H25BrN5O6P. The van der Waals surface area contributed by atoms with Gasteiger partial charge in [0.05, 0.1) is 32.3 Å². The van der Waals surface area contributed by atoms with E-state index >= 15 is 0 Å². The highest BCUT2D eigenvalue weighted by atomic mass is 79.9. The van der Waals surface area contributed by atoms with Gasteiger partial charge in [0.15, 0.2) is 16.9 Å². The van der Waals surface area contributed by atoms with Crippen LogP contribution >= 0.6 is 23.5 Å². The third-order valence-corrected chi connectivity index (χ3v) is 7.50. The van der Waals surface area contributed by atoms with Crippen molar-refractivity contribution in [1.29, 1.82) is 0 Å². The summed E-state index contributed by atoms with van der Waals surface area (Å²) in [6.07, 6.45) is 3.18. The average molecular weight is 554 g/mol. The fraction of sp³-hybridized carbons (Fsp3) is 0.429. The summed E-state index contributed by atoms with van der Waals surface area (Å²) in [6.45, 7) is 0.541. The number of Topliss-reactive ketones (excluding diaryl/α,β-unsaturated/α-hetero) is 1. The van der Waals surface area contributed by atoms with Gasteiger partial charge in [0.1, 0.15) is 6.61 Å². The van der Waals surface area contributed by atoms with E-state index in [0.717, 1.165) is 22.9 Å². The van der Waals surface area contributed by atoms with E-state index in [-0.39, 0.29) is 55.8 Å². The maximum Gasteiger partial charge on any atom is 0.333 e. The third kappa shape index (κ3) is 6.61. The van der Waals surface area contributed by atoms with Crippen molar-refractivity contribution in [3.8, 4) is 0 Å². The van der Waals surface area contributed by atoms with Crippen LogP contribution in [0.15, 0.2) is 39.9 Å². The zero-order chi connectivity index (χ0) is 24.1. The lowest BCUT2D eigenvalue weighted by Crippen LogP contribution is -2.15. The first-order chi connectivity index (χ1) is 16.3. The number of benzene rings is 1. The molecule has 0 spiro atoms. The first-order valence-electron chi connectivity index (χ1n) is 10.8. The van der Waals surface area contributed by atoms with Gasteiger partial charge in [0.2, 0.25) is 5.95 Å². The van der Waals surface area contributed by atoms with Gasteiger partial charge in [-0.25, -0.2) is 4.98 Å². The smallest absolute Gasteiger partial charge is 0.333 e. The molecule has 182 valence electrons. The molecular weight excluding hydrogens is 529 g/mol. The van der Waals surface area contributed by atoms with Crippen molar-refractivity contribution in [2.24, 2.45) is 5.92 Å². The number of nitrogens with two attached hydrogens (primary N) is 1. The highest BCUT2D eigenvalue weighted by molar-refractivity contribution is 9.10. The molecule has 0 bridgehead atoms. The number of nitrogen functional groups attached to an aromatic ring is 1. The average Bonchev–Trinajstić information content (AvgIpc) is 3.58. The van der Waals surface area contributed by atoms with E-state index in [0.29, 0.717) is 12.2 Å². The van der Waals surface area contributed by atoms with E-state index in [4.69, 9.17) is 19.5 Å². The van der Waals surface area contributed by atoms with Crippen LogP contribution < -0.4 is 11.3 Å². The Labute approximate surface area is 203 Å². The summed E-state index contributed by atoms with van der Waals surface area (Å²) in [6, 6.07) is 7.44. The Balaban J connectivity index is 1.31. The van der Waals surface area contributed by atoms with Gasteiger partial charge in [-0.1, -0.05) is 28.1 Å². The molecule has 34 heavy (non-hydrogen) atoms. The van der Waals surface area contributed by atoms with E-state index in [1.54, 1.807) is 4.57 Å². The van der Waals surface area contributed by atoms with Crippen LogP contribution in [0.1, 0.15) is 18.4 Å². The molecule has 3 N–H and O–H groups in total. The van der Waals surface area contributed by atoms with Crippen molar-refractivity contribution >= 4 is 46.4 Å². The fourth-order valence-corrected chi connectivity index (χ4v) is 5.03. The number of carbonyl (C=O) groups excluding carboxylic acids is 1. The number of nitrogens with zero attached hydrogens (tertiary/aromatic N) is 3. The number of hydrogen-bond acceptors (Lipinski definition) is 9. The molecule has 1 unspecified atom stereocenters. The number of aromatic nitrogens is 4. The van der Waals surface area contributed by atoms with E-state index in [1.807, 2.05) is 24.3 Å². The zero-order valence-corrected chi connectivity index (χ0v) is 20.8. The molecule has 1 atom stereocenters. The molecule has 0 amide bonds. The summed E-state index contributed by atoms with van der Waals surface area (Å²) in [5.74, 6) is -0.0443. The molecule has 0 radical (unpaired) electrons. The molecule has 1 aliphatic carbocycles. The lowest BCUT2D eigenvalue weighted by Gasteiger charge is -2.18. The van der Waals surface area contributed by atoms with Crippen LogP contribution in [0.3, 0.4) is 0 Å². The summed E-state index contributed by atoms with van der Waals surface area (Å²) in [4.78, 5) is 34.5. The van der Waals surface area contributed by atoms with Crippen molar-refractivity contribution in [2.75, 3.05) is 31.7 Å². The minimum atomic E-state index is -3.57. The van der Waals surface area contributed by atoms with Gasteiger partial charge in [-0.15, -0.1) is 0 Å². The number of ketones is 1. The van der Waals surface area contributed by atoms with Gasteiger partial charge in [0.25, 0.3) is 5.56 Å². The Morgan fingerprint density at radius 1 is 1.29 bits per heavy atom. The van der Waals surface area contributed by atoms with Gasteiger partial charge in [-0.05, 0) is 30.5 Å². The van der Waals surface area contributed by atoms with Crippen molar-refractivity contribution in [3.63, 3.8) is 0 Å². The molecule has 0 aliphatic heterocycles. The maximum absolute atomic E-state index is 13.3. The number of carbonyl (C=O) groups is 1. The predicted molar refractivity (Wildman–Crippen MR) is 128 cm³/mol. The van der Waals surface area contributed by atoms with E-state index in [1.165, 1.54) is 6.33 Å². The summed E-state index contributed by atoms with van der Waals surface area (Å²) >= 11 is 3.40. The van der Waals surface area contributed by atoms with Crippen LogP contribution in [0.2, 0.25) is 0 Å². The molecule has 3 aromatic rings. The molecule has 2 heterocycles. The summed E-state index contributed by atoms with van der Waals surface area (Å²) in [5.41, 5.74) is 6.56. The van der Waals surface area contributed by atoms with E-state index < -0.39 is 13.2 Å². The predicted octanol–water partition coefficient (Wildman–Crippen LogP) is 2.89. The highest BCUT2D eigenvalue weighted by Crippen LogP contribution is 2.49. The molecule has 0 saturated heterocycles. The molecule has 2 aromatic heterocycles. The zero-order valence-electron chi connectivity index (χ0n) is 18.3. The number of halogens is 1. The SMILES string of the molecule is Nc1nc2c(ncn2CCOCCP(=O)(OCC(=O)C2CC2)OCc2cccc(Br)c2)c(=O)[nH]1. The Kier molecular flexibility index (Phi) is 7.95. The van der Waals surface area contributed by atoms with Gasteiger partial charge in [-0.3, -0.25) is 19.1 Å². The minimum absolute atomic E-state index is 0.00148. The van der Waals surface area contributed by atoms with Crippen LogP contribution in [0.4, 0.5) is 5.95 Å². The summed E-state index contributed by atoms with van der Waals surface area (Å²) in [7, 11) is -3.57. The quantitative estimate of drug-likeness (QED) is 0.240. The first-order valence-corrected chi connectivity index (χ1v) is 13.3. The third-order valence-electron chi connectivity index (χ3n) is 5.23.